The first-order valence-electron chi connectivity index (χ1n) is 8.64. The van der Waals surface area contributed by atoms with Crippen molar-refractivity contribution in [2.75, 3.05) is 27.1 Å². The molecule has 0 spiro atoms. The van der Waals surface area contributed by atoms with E-state index in [4.69, 9.17) is 24.1 Å². The van der Waals surface area contributed by atoms with Gasteiger partial charge in [0, 0.05) is 0 Å². The number of aliphatic hydroxyl groups excluding tert-OH is 1. The Morgan fingerprint density at radius 2 is 1.88 bits per heavy atom. The summed E-state index contributed by atoms with van der Waals surface area (Å²) in [6.45, 7) is 2.64. The predicted octanol–water partition coefficient (Wildman–Crippen LogP) is 3.53. The molecule has 0 aromatic heterocycles. The first kappa shape index (κ1) is 18.1. The van der Waals surface area contributed by atoms with Gasteiger partial charge in [-0.15, -0.1) is 0 Å². The molecule has 0 aliphatic carbocycles. The maximum atomic E-state index is 8.96. The fourth-order valence-corrected chi connectivity index (χ4v) is 2.71. The number of aliphatic hydroxyl groups is 1. The lowest BCUT2D eigenvalue weighted by atomic mass is 10.0. The standard InChI is InChI=1S/C21H24O5/c1-15(13-22)9-10-24-18-7-5-16(6-8-18)3-4-17-11-19(23-2)21-20(12-17)25-14-26-21/h5-9,11-12,22H,3-4,10,13-14H2,1-2H3/b15-9+. The molecule has 2 aromatic carbocycles. The Morgan fingerprint density at radius 3 is 2.62 bits per heavy atom. The molecule has 0 saturated carbocycles. The normalized spacial score (nSPS) is 13.0. The van der Waals surface area contributed by atoms with Gasteiger partial charge < -0.3 is 24.1 Å². The second-order valence-electron chi connectivity index (χ2n) is 6.20. The summed E-state index contributed by atoms with van der Waals surface area (Å²) < 4.78 is 21.9. The smallest absolute Gasteiger partial charge is 0.231 e. The maximum absolute atomic E-state index is 8.96. The first-order valence-corrected chi connectivity index (χ1v) is 8.64. The zero-order valence-corrected chi connectivity index (χ0v) is 15.2. The summed E-state index contributed by atoms with van der Waals surface area (Å²) in [5.74, 6) is 2.96. The third-order valence-electron chi connectivity index (χ3n) is 4.28. The Balaban J connectivity index is 1.57. The van der Waals surface area contributed by atoms with E-state index in [0.29, 0.717) is 18.1 Å². The molecule has 1 aliphatic heterocycles. The highest BCUT2D eigenvalue weighted by Gasteiger charge is 2.19. The number of aryl methyl sites for hydroxylation is 2. The highest BCUT2D eigenvalue weighted by molar-refractivity contribution is 5.55. The lowest BCUT2D eigenvalue weighted by molar-refractivity contribution is 0.171. The molecular weight excluding hydrogens is 332 g/mol. The molecule has 1 aliphatic rings. The van der Waals surface area contributed by atoms with Crippen molar-refractivity contribution in [2.24, 2.45) is 0 Å². The molecule has 0 amide bonds. The van der Waals surface area contributed by atoms with Gasteiger partial charge in [-0.05, 0) is 66.8 Å². The van der Waals surface area contributed by atoms with Crippen molar-refractivity contribution in [3.05, 3.63) is 59.2 Å². The third kappa shape index (κ3) is 4.49. The van der Waals surface area contributed by atoms with Crippen LogP contribution in [0.5, 0.6) is 23.0 Å². The van der Waals surface area contributed by atoms with Crippen LogP contribution in [0.1, 0.15) is 18.1 Å². The summed E-state index contributed by atoms with van der Waals surface area (Å²) in [6, 6.07) is 12.1. The molecule has 0 radical (unpaired) electrons. The summed E-state index contributed by atoms with van der Waals surface area (Å²) in [4.78, 5) is 0. The first-order chi connectivity index (χ1) is 12.7. The molecule has 26 heavy (non-hydrogen) atoms. The van der Waals surface area contributed by atoms with E-state index < -0.39 is 0 Å². The van der Waals surface area contributed by atoms with Gasteiger partial charge >= 0.3 is 0 Å². The van der Waals surface area contributed by atoms with Crippen molar-refractivity contribution >= 4 is 0 Å². The zero-order valence-electron chi connectivity index (χ0n) is 15.2. The van der Waals surface area contributed by atoms with E-state index in [1.807, 2.05) is 37.3 Å². The van der Waals surface area contributed by atoms with Crippen LogP contribution in [0.15, 0.2) is 48.0 Å². The van der Waals surface area contributed by atoms with Crippen LogP contribution in [-0.2, 0) is 12.8 Å². The SMILES string of the molecule is COc1cc(CCc2ccc(OC/C=C(\C)CO)cc2)cc2c1OCO2. The van der Waals surface area contributed by atoms with Crippen LogP contribution in [0.3, 0.4) is 0 Å². The van der Waals surface area contributed by atoms with Gasteiger partial charge in [0.2, 0.25) is 12.5 Å². The summed E-state index contributed by atoms with van der Waals surface area (Å²) in [6.07, 6.45) is 3.67. The lowest BCUT2D eigenvalue weighted by Crippen LogP contribution is -1.97. The van der Waals surface area contributed by atoms with Crippen molar-refractivity contribution in [1.82, 2.24) is 0 Å². The van der Waals surface area contributed by atoms with E-state index in [0.717, 1.165) is 35.5 Å². The molecular formula is C21H24O5. The Hall–Kier alpha value is -2.66. The molecule has 1 heterocycles. The highest BCUT2D eigenvalue weighted by atomic mass is 16.7. The molecule has 0 saturated heterocycles. The van der Waals surface area contributed by atoms with Crippen molar-refractivity contribution in [3.63, 3.8) is 0 Å². The Bertz CT molecular complexity index is 765. The van der Waals surface area contributed by atoms with Gasteiger partial charge in [-0.2, -0.15) is 0 Å². The van der Waals surface area contributed by atoms with Crippen LogP contribution in [-0.4, -0.2) is 32.2 Å². The summed E-state index contributed by atoms with van der Waals surface area (Å²) in [5.41, 5.74) is 3.29. The molecule has 1 N–H and O–H groups in total. The number of methoxy groups -OCH3 is 1. The van der Waals surface area contributed by atoms with Crippen LogP contribution in [0.4, 0.5) is 0 Å². The summed E-state index contributed by atoms with van der Waals surface area (Å²) in [5, 5.41) is 8.96. The predicted molar refractivity (Wildman–Crippen MR) is 99.3 cm³/mol. The number of hydrogen-bond donors (Lipinski definition) is 1. The molecule has 0 fully saturated rings. The van der Waals surface area contributed by atoms with Gasteiger partial charge in [0.05, 0.1) is 13.7 Å². The van der Waals surface area contributed by atoms with E-state index >= 15 is 0 Å². The van der Waals surface area contributed by atoms with E-state index in [1.165, 1.54) is 5.56 Å². The van der Waals surface area contributed by atoms with E-state index in [2.05, 4.69) is 12.1 Å². The average Bonchev–Trinajstić information content (AvgIpc) is 3.15. The quantitative estimate of drug-likeness (QED) is 0.734. The van der Waals surface area contributed by atoms with Crippen LogP contribution >= 0.6 is 0 Å². The number of hydrogen-bond acceptors (Lipinski definition) is 5. The molecule has 2 aromatic rings. The maximum Gasteiger partial charge on any atom is 0.231 e. The van der Waals surface area contributed by atoms with Crippen molar-refractivity contribution in [2.45, 2.75) is 19.8 Å². The topological polar surface area (TPSA) is 57.2 Å². The van der Waals surface area contributed by atoms with Gasteiger partial charge in [0.15, 0.2) is 11.5 Å². The van der Waals surface area contributed by atoms with Crippen LogP contribution in [0.25, 0.3) is 0 Å². The van der Waals surface area contributed by atoms with Gasteiger partial charge in [-0.25, -0.2) is 0 Å². The van der Waals surface area contributed by atoms with Gasteiger partial charge in [0.1, 0.15) is 12.4 Å². The van der Waals surface area contributed by atoms with Gasteiger partial charge in [0.25, 0.3) is 0 Å². The largest absolute Gasteiger partial charge is 0.493 e. The van der Waals surface area contributed by atoms with Crippen molar-refractivity contribution in [1.29, 1.82) is 0 Å². The minimum atomic E-state index is 0.0624. The zero-order chi connectivity index (χ0) is 18.4. The number of fused-ring (bicyclic) bond motifs is 1. The molecule has 3 rings (SSSR count). The van der Waals surface area contributed by atoms with Gasteiger partial charge in [-0.1, -0.05) is 12.1 Å². The fourth-order valence-electron chi connectivity index (χ4n) is 2.71. The molecule has 138 valence electrons. The second kappa shape index (κ2) is 8.63. The van der Waals surface area contributed by atoms with Crippen LogP contribution in [0.2, 0.25) is 0 Å². The second-order valence-corrected chi connectivity index (χ2v) is 6.20. The number of rotatable bonds is 8. The Morgan fingerprint density at radius 1 is 1.12 bits per heavy atom. The number of benzene rings is 2. The van der Waals surface area contributed by atoms with Crippen molar-refractivity contribution in [3.8, 4) is 23.0 Å². The Kier molecular flexibility index (Phi) is 6.02. The number of ether oxygens (including phenoxy) is 4. The molecule has 5 heteroatoms. The third-order valence-corrected chi connectivity index (χ3v) is 4.28. The van der Waals surface area contributed by atoms with E-state index in [-0.39, 0.29) is 13.4 Å². The minimum Gasteiger partial charge on any atom is -0.493 e. The molecule has 0 unspecified atom stereocenters. The Labute approximate surface area is 153 Å². The van der Waals surface area contributed by atoms with Crippen LogP contribution < -0.4 is 18.9 Å². The van der Waals surface area contributed by atoms with Crippen molar-refractivity contribution < 1.29 is 24.1 Å². The monoisotopic (exact) mass is 356 g/mol. The molecule has 0 bridgehead atoms. The van der Waals surface area contributed by atoms with Gasteiger partial charge in [-0.3, -0.25) is 0 Å². The highest BCUT2D eigenvalue weighted by Crippen LogP contribution is 2.42. The fraction of sp³-hybridized carbons (Fsp3) is 0.333. The summed E-state index contributed by atoms with van der Waals surface area (Å²) in [7, 11) is 1.64. The van der Waals surface area contributed by atoms with E-state index in [1.54, 1.807) is 7.11 Å². The van der Waals surface area contributed by atoms with Crippen LogP contribution in [0, 0.1) is 0 Å². The molecule has 5 nitrogen and oxygen atoms in total. The minimum absolute atomic E-state index is 0.0624. The van der Waals surface area contributed by atoms with E-state index in [9.17, 15) is 0 Å². The molecule has 0 atom stereocenters. The summed E-state index contributed by atoms with van der Waals surface area (Å²) >= 11 is 0. The lowest BCUT2D eigenvalue weighted by Gasteiger charge is -2.09. The average molecular weight is 356 g/mol.